The molecule has 16 heavy (non-hydrogen) atoms. The highest BCUT2D eigenvalue weighted by Gasteiger charge is 2.53. The molecule has 0 aromatic rings. The van der Waals surface area contributed by atoms with Gasteiger partial charge in [0, 0.05) is 18.5 Å². The van der Waals surface area contributed by atoms with Crippen LogP contribution in [0, 0.1) is 17.3 Å². The van der Waals surface area contributed by atoms with Crippen LogP contribution in [0.15, 0.2) is 0 Å². The van der Waals surface area contributed by atoms with Crippen LogP contribution in [-0.2, 0) is 4.79 Å². The largest absolute Gasteiger partial charge is 0.340 e. The van der Waals surface area contributed by atoms with Crippen LogP contribution in [-0.4, -0.2) is 49.4 Å². The smallest absolute Gasteiger partial charge is 0.236 e. The Morgan fingerprint density at radius 1 is 1.38 bits per heavy atom. The lowest BCUT2D eigenvalue weighted by Gasteiger charge is -2.60. The fourth-order valence-corrected chi connectivity index (χ4v) is 3.09. The van der Waals surface area contributed by atoms with Crippen LogP contribution >= 0.6 is 0 Å². The number of likely N-dealkylation sites (tertiary alicyclic amines) is 1. The minimum Gasteiger partial charge on any atom is -0.340 e. The molecule has 2 aliphatic rings. The van der Waals surface area contributed by atoms with E-state index in [0.29, 0.717) is 17.9 Å². The van der Waals surface area contributed by atoms with Gasteiger partial charge in [-0.15, -0.1) is 0 Å². The third-order valence-electron chi connectivity index (χ3n) is 4.19. The fourth-order valence-electron chi connectivity index (χ4n) is 3.09. The Bertz CT molecular complexity index is 272. The zero-order valence-corrected chi connectivity index (χ0v) is 11.0. The highest BCUT2D eigenvalue weighted by molar-refractivity contribution is 5.79. The first-order valence-corrected chi connectivity index (χ1v) is 6.34. The second kappa shape index (κ2) is 4.02. The Hall–Kier alpha value is -0.570. The number of carbonyl (C=O) groups is 1. The summed E-state index contributed by atoms with van der Waals surface area (Å²) in [5.74, 6) is 2.02. The van der Waals surface area contributed by atoms with Gasteiger partial charge in [-0.05, 0) is 38.8 Å². The molecule has 1 aliphatic heterocycles. The van der Waals surface area contributed by atoms with Crippen LogP contribution in [0.25, 0.3) is 0 Å². The van der Waals surface area contributed by atoms with Gasteiger partial charge >= 0.3 is 0 Å². The van der Waals surface area contributed by atoms with E-state index in [2.05, 4.69) is 13.8 Å². The van der Waals surface area contributed by atoms with E-state index in [0.717, 1.165) is 24.9 Å². The molecule has 1 heterocycles. The van der Waals surface area contributed by atoms with E-state index in [1.807, 2.05) is 23.9 Å². The number of likely N-dealkylation sites (N-methyl/N-ethyl adjacent to an activating group) is 1. The minimum atomic E-state index is 0.295. The summed E-state index contributed by atoms with van der Waals surface area (Å²) >= 11 is 0. The molecule has 3 nitrogen and oxygen atoms in total. The van der Waals surface area contributed by atoms with Crippen LogP contribution in [0.4, 0.5) is 0 Å². The topological polar surface area (TPSA) is 23.6 Å². The van der Waals surface area contributed by atoms with Crippen molar-refractivity contribution in [2.45, 2.75) is 26.7 Å². The number of hydrogen-bond acceptors (Lipinski definition) is 2. The van der Waals surface area contributed by atoms with Gasteiger partial charge in [0.15, 0.2) is 0 Å². The van der Waals surface area contributed by atoms with Gasteiger partial charge in [-0.2, -0.15) is 0 Å². The van der Waals surface area contributed by atoms with E-state index in [-0.39, 0.29) is 0 Å². The first-order chi connectivity index (χ1) is 7.42. The molecule has 92 valence electrons. The van der Waals surface area contributed by atoms with Crippen molar-refractivity contribution in [1.29, 1.82) is 0 Å². The van der Waals surface area contributed by atoms with Gasteiger partial charge in [0.25, 0.3) is 0 Å². The molecule has 2 fully saturated rings. The standard InChI is InChI=1S/C13H24N2O/c1-10(2)11-5-13(6-11)8-15(9-13)12(16)7-14(3)4/h10-11H,5-9H2,1-4H3. The normalized spacial score (nSPS) is 23.8. The predicted octanol–water partition coefficient (Wildman–Crippen LogP) is 1.44. The lowest BCUT2D eigenvalue weighted by atomic mass is 9.55. The van der Waals surface area contributed by atoms with E-state index in [1.54, 1.807) is 0 Å². The predicted molar refractivity (Wildman–Crippen MR) is 65.1 cm³/mol. The van der Waals surface area contributed by atoms with E-state index in [9.17, 15) is 4.79 Å². The third kappa shape index (κ3) is 2.10. The minimum absolute atomic E-state index is 0.295. The molecule has 1 aliphatic carbocycles. The molecular formula is C13H24N2O. The first kappa shape index (κ1) is 11.9. The molecule has 1 saturated heterocycles. The van der Waals surface area contributed by atoms with Gasteiger partial charge in [-0.3, -0.25) is 4.79 Å². The van der Waals surface area contributed by atoms with Crippen LogP contribution in [0.1, 0.15) is 26.7 Å². The molecule has 1 spiro atoms. The summed E-state index contributed by atoms with van der Waals surface area (Å²) in [6.07, 6.45) is 2.69. The Kier molecular flexibility index (Phi) is 2.99. The average Bonchev–Trinajstić information content (AvgIpc) is 1.95. The lowest BCUT2D eigenvalue weighted by Crippen LogP contribution is -2.65. The maximum atomic E-state index is 11.8. The molecule has 1 saturated carbocycles. The number of nitrogens with zero attached hydrogens (tertiary/aromatic N) is 2. The van der Waals surface area contributed by atoms with Crippen molar-refractivity contribution in [1.82, 2.24) is 9.80 Å². The summed E-state index contributed by atoms with van der Waals surface area (Å²) in [5.41, 5.74) is 0.525. The molecule has 0 N–H and O–H groups in total. The first-order valence-electron chi connectivity index (χ1n) is 6.34. The average molecular weight is 224 g/mol. The molecule has 1 amide bonds. The summed E-state index contributed by atoms with van der Waals surface area (Å²) in [5, 5.41) is 0. The van der Waals surface area contributed by atoms with Gasteiger partial charge < -0.3 is 9.80 Å². The Balaban J connectivity index is 1.73. The second-order valence-corrected chi connectivity index (χ2v) is 6.40. The molecule has 0 atom stereocenters. The van der Waals surface area contributed by atoms with Crippen molar-refractivity contribution in [3.8, 4) is 0 Å². The number of carbonyl (C=O) groups excluding carboxylic acids is 1. The zero-order valence-electron chi connectivity index (χ0n) is 11.0. The molecule has 0 unspecified atom stereocenters. The second-order valence-electron chi connectivity index (χ2n) is 6.40. The molecule has 0 aromatic carbocycles. The summed E-state index contributed by atoms with van der Waals surface area (Å²) < 4.78 is 0. The molecule has 3 heteroatoms. The molecular weight excluding hydrogens is 200 g/mol. The fraction of sp³-hybridized carbons (Fsp3) is 0.923. The van der Waals surface area contributed by atoms with Gasteiger partial charge in [-0.1, -0.05) is 13.8 Å². The van der Waals surface area contributed by atoms with E-state index in [1.165, 1.54) is 12.8 Å². The van der Waals surface area contributed by atoms with E-state index < -0.39 is 0 Å². The van der Waals surface area contributed by atoms with E-state index >= 15 is 0 Å². The van der Waals surface area contributed by atoms with E-state index in [4.69, 9.17) is 0 Å². The van der Waals surface area contributed by atoms with Crippen LogP contribution < -0.4 is 0 Å². The van der Waals surface area contributed by atoms with Gasteiger partial charge in [-0.25, -0.2) is 0 Å². The van der Waals surface area contributed by atoms with Gasteiger partial charge in [0.1, 0.15) is 0 Å². The zero-order chi connectivity index (χ0) is 11.9. The Morgan fingerprint density at radius 2 is 1.94 bits per heavy atom. The Labute approximate surface area is 98.8 Å². The van der Waals surface area contributed by atoms with Gasteiger partial charge in [0.05, 0.1) is 6.54 Å². The highest BCUT2D eigenvalue weighted by Crippen LogP contribution is 2.54. The highest BCUT2D eigenvalue weighted by atomic mass is 16.2. The summed E-state index contributed by atoms with van der Waals surface area (Å²) in [7, 11) is 3.90. The summed E-state index contributed by atoms with van der Waals surface area (Å²) in [6, 6.07) is 0. The summed E-state index contributed by atoms with van der Waals surface area (Å²) in [4.78, 5) is 15.7. The van der Waals surface area contributed by atoms with Crippen LogP contribution in [0.2, 0.25) is 0 Å². The molecule has 0 bridgehead atoms. The molecule has 0 aromatic heterocycles. The SMILES string of the molecule is CC(C)C1CC2(C1)CN(C(=O)CN(C)C)C2. The molecule has 0 radical (unpaired) electrons. The number of hydrogen-bond donors (Lipinski definition) is 0. The number of rotatable bonds is 3. The third-order valence-corrected chi connectivity index (χ3v) is 4.19. The van der Waals surface area contributed by atoms with Crippen molar-refractivity contribution >= 4 is 5.91 Å². The molecule has 2 rings (SSSR count). The van der Waals surface area contributed by atoms with Crippen molar-refractivity contribution in [3.63, 3.8) is 0 Å². The van der Waals surface area contributed by atoms with Crippen LogP contribution in [0.3, 0.4) is 0 Å². The quantitative estimate of drug-likeness (QED) is 0.724. The maximum Gasteiger partial charge on any atom is 0.236 e. The number of amides is 1. The lowest BCUT2D eigenvalue weighted by molar-refractivity contribution is -0.157. The van der Waals surface area contributed by atoms with Crippen molar-refractivity contribution in [3.05, 3.63) is 0 Å². The van der Waals surface area contributed by atoms with Crippen molar-refractivity contribution in [2.24, 2.45) is 17.3 Å². The maximum absolute atomic E-state index is 11.8. The Morgan fingerprint density at radius 3 is 2.38 bits per heavy atom. The van der Waals surface area contributed by atoms with Crippen LogP contribution in [0.5, 0.6) is 0 Å². The van der Waals surface area contributed by atoms with Crippen molar-refractivity contribution in [2.75, 3.05) is 33.7 Å². The summed E-state index contributed by atoms with van der Waals surface area (Å²) in [6.45, 7) is 7.21. The monoisotopic (exact) mass is 224 g/mol. The van der Waals surface area contributed by atoms with Crippen molar-refractivity contribution < 1.29 is 4.79 Å². The van der Waals surface area contributed by atoms with Gasteiger partial charge in [0.2, 0.25) is 5.91 Å².